The first-order chi connectivity index (χ1) is 20.7. The molecule has 0 spiro atoms. The van der Waals surface area contributed by atoms with E-state index in [9.17, 15) is 18.0 Å². The Morgan fingerprint density at radius 3 is 2.49 bits per heavy atom. The third kappa shape index (κ3) is 6.03. The number of pyridine rings is 1. The number of fused-ring (bicyclic) bond motifs is 2. The molecule has 0 saturated carbocycles. The normalized spacial score (nSPS) is 11.2. The van der Waals surface area contributed by atoms with E-state index in [4.69, 9.17) is 10.00 Å². The molecule has 1 amide bonds. The Balaban J connectivity index is 1.52. The zero-order chi connectivity index (χ0) is 30.6. The van der Waals surface area contributed by atoms with Crippen LogP contribution in [0.2, 0.25) is 0 Å². The van der Waals surface area contributed by atoms with Crippen LogP contribution in [0.1, 0.15) is 34.0 Å². The number of hydrogen-bond acceptors (Lipinski definition) is 7. The van der Waals surface area contributed by atoms with Crippen LogP contribution in [-0.2, 0) is 26.1 Å². The summed E-state index contributed by atoms with van der Waals surface area (Å²) in [6, 6.07) is 25.8. The van der Waals surface area contributed by atoms with Gasteiger partial charge in [0.15, 0.2) is 0 Å². The van der Waals surface area contributed by atoms with Crippen LogP contribution in [-0.4, -0.2) is 38.4 Å². The van der Waals surface area contributed by atoms with Gasteiger partial charge in [0.2, 0.25) is 0 Å². The molecule has 1 aromatic heterocycles. The maximum atomic E-state index is 14.2. The summed E-state index contributed by atoms with van der Waals surface area (Å²) in [6.07, 6.45) is 1.55. The number of rotatable bonds is 9. The minimum atomic E-state index is -4.28. The molecule has 1 N–H and O–H groups in total. The van der Waals surface area contributed by atoms with Gasteiger partial charge in [-0.2, -0.15) is 5.26 Å². The van der Waals surface area contributed by atoms with Crippen LogP contribution in [0.15, 0.2) is 96.0 Å². The molecule has 10 heteroatoms. The number of benzene rings is 4. The largest absolute Gasteiger partial charge is 0.465 e. The molecule has 0 saturated heterocycles. The van der Waals surface area contributed by atoms with Crippen molar-refractivity contribution in [3.05, 3.63) is 113 Å². The number of sulfonamides is 1. The number of para-hydroxylation sites is 1. The van der Waals surface area contributed by atoms with Crippen LogP contribution in [0.4, 0.5) is 5.69 Å². The molecule has 4 aromatic carbocycles. The number of aryl methyl sites for hydroxylation is 1. The fourth-order valence-corrected chi connectivity index (χ4v) is 6.41. The molecule has 5 rings (SSSR count). The predicted molar refractivity (Wildman–Crippen MR) is 164 cm³/mol. The average molecular weight is 593 g/mol. The van der Waals surface area contributed by atoms with E-state index in [0.29, 0.717) is 32.8 Å². The molecule has 9 nitrogen and oxygen atoms in total. The van der Waals surface area contributed by atoms with Crippen molar-refractivity contribution in [2.75, 3.05) is 17.5 Å². The molecule has 0 aliphatic heterocycles. The fourth-order valence-electron chi connectivity index (χ4n) is 4.85. The van der Waals surface area contributed by atoms with Crippen molar-refractivity contribution < 1.29 is 22.7 Å². The van der Waals surface area contributed by atoms with Crippen molar-refractivity contribution in [1.29, 1.82) is 5.26 Å². The lowest BCUT2D eigenvalue weighted by Gasteiger charge is -2.24. The quantitative estimate of drug-likeness (QED) is 0.231. The number of nitrogens with zero attached hydrogens (tertiary/aromatic N) is 3. The number of nitrogens with one attached hydrogen (secondary N) is 1. The monoisotopic (exact) mass is 592 g/mol. The Kier molecular flexibility index (Phi) is 8.36. The first kappa shape index (κ1) is 29.2. The number of ether oxygens (including phenoxy) is 1. The second kappa shape index (κ2) is 12.3. The molecular formula is C33H28N4O5S. The molecule has 5 aromatic rings. The van der Waals surface area contributed by atoms with E-state index in [0.717, 1.165) is 15.4 Å². The van der Waals surface area contributed by atoms with E-state index in [-0.39, 0.29) is 29.6 Å². The van der Waals surface area contributed by atoms with Crippen LogP contribution in [0.5, 0.6) is 0 Å². The van der Waals surface area contributed by atoms with E-state index < -0.39 is 22.5 Å². The molecule has 0 atom stereocenters. The number of carbonyl (C=O) groups excluding carboxylic acids is 2. The lowest BCUT2D eigenvalue weighted by Crippen LogP contribution is -2.36. The van der Waals surface area contributed by atoms with Crippen molar-refractivity contribution in [3.63, 3.8) is 0 Å². The third-order valence-electron chi connectivity index (χ3n) is 7.03. The molecule has 0 aliphatic carbocycles. The maximum absolute atomic E-state index is 14.2. The molecule has 0 unspecified atom stereocenters. The highest BCUT2D eigenvalue weighted by Crippen LogP contribution is 2.32. The minimum absolute atomic E-state index is 0.0333. The second-order valence-electron chi connectivity index (χ2n) is 9.80. The Hall–Kier alpha value is -5.27. The fraction of sp³-hybridized carbons (Fsp3) is 0.152. The van der Waals surface area contributed by atoms with Gasteiger partial charge in [0.25, 0.3) is 15.9 Å². The van der Waals surface area contributed by atoms with Crippen LogP contribution in [0.25, 0.3) is 21.7 Å². The summed E-state index contributed by atoms with van der Waals surface area (Å²) >= 11 is 0. The van der Waals surface area contributed by atoms with Gasteiger partial charge in [-0.05, 0) is 78.2 Å². The van der Waals surface area contributed by atoms with E-state index in [1.807, 2.05) is 6.92 Å². The van der Waals surface area contributed by atoms with Crippen molar-refractivity contribution in [2.24, 2.45) is 0 Å². The predicted octanol–water partition coefficient (Wildman–Crippen LogP) is 5.26. The Labute approximate surface area is 249 Å². The van der Waals surface area contributed by atoms with Crippen molar-refractivity contribution in [3.8, 4) is 6.07 Å². The highest BCUT2D eigenvalue weighted by molar-refractivity contribution is 7.93. The molecular weight excluding hydrogens is 564 g/mol. The maximum Gasteiger partial charge on any atom is 0.326 e. The number of anilines is 1. The first-order valence-electron chi connectivity index (χ1n) is 13.6. The van der Waals surface area contributed by atoms with E-state index in [2.05, 4.69) is 16.4 Å². The zero-order valence-corrected chi connectivity index (χ0v) is 24.4. The topological polar surface area (TPSA) is 129 Å². The minimum Gasteiger partial charge on any atom is -0.465 e. The van der Waals surface area contributed by atoms with Gasteiger partial charge in [0, 0.05) is 23.7 Å². The van der Waals surface area contributed by atoms with Crippen LogP contribution in [0, 0.1) is 18.3 Å². The number of esters is 1. The third-order valence-corrected chi connectivity index (χ3v) is 8.84. The number of hydrogen-bond donors (Lipinski definition) is 1. The van der Waals surface area contributed by atoms with Crippen LogP contribution >= 0.6 is 0 Å². The summed E-state index contributed by atoms with van der Waals surface area (Å²) in [5.74, 6) is -1.01. The van der Waals surface area contributed by atoms with E-state index >= 15 is 0 Å². The highest BCUT2D eigenvalue weighted by Gasteiger charge is 2.30. The molecule has 1 heterocycles. The number of aromatic nitrogens is 1. The van der Waals surface area contributed by atoms with E-state index in [1.54, 1.807) is 92.0 Å². The molecule has 0 fully saturated rings. The summed E-state index contributed by atoms with van der Waals surface area (Å²) in [4.78, 5) is 30.1. The number of nitriles is 1. The Bertz CT molecular complexity index is 2000. The molecule has 0 radical (unpaired) electrons. The first-order valence-corrected chi connectivity index (χ1v) is 15.0. The van der Waals surface area contributed by atoms with Gasteiger partial charge in [0.1, 0.15) is 11.4 Å². The molecule has 43 heavy (non-hydrogen) atoms. The Morgan fingerprint density at radius 2 is 1.74 bits per heavy atom. The Morgan fingerprint density at radius 1 is 0.977 bits per heavy atom. The van der Waals surface area contributed by atoms with Crippen molar-refractivity contribution in [1.82, 2.24) is 10.3 Å². The summed E-state index contributed by atoms with van der Waals surface area (Å²) in [5.41, 5.74) is 3.19. The van der Waals surface area contributed by atoms with Gasteiger partial charge in [-0.25, -0.2) is 8.42 Å². The average Bonchev–Trinajstić information content (AvgIpc) is 3.02. The standard InChI is InChI=1S/C33H28N4O5S/c1-3-42-31(38)21-37(43(40,41)30-9-5-7-27-22(2)16-17-35-32(27)30)26-14-15-28-25(18-26)6-4-8-29(28)33(39)36-20-24-12-10-23(19-34)11-13-24/h4-18H,3,20-21H2,1-2H3,(H,36,39). The molecule has 216 valence electrons. The zero-order valence-electron chi connectivity index (χ0n) is 23.6. The van der Waals surface area contributed by atoms with Gasteiger partial charge in [0.05, 0.1) is 29.4 Å². The van der Waals surface area contributed by atoms with Gasteiger partial charge >= 0.3 is 5.97 Å². The van der Waals surface area contributed by atoms with Gasteiger partial charge in [-0.1, -0.05) is 42.5 Å². The lowest BCUT2D eigenvalue weighted by atomic mass is 10.0. The second-order valence-corrected chi connectivity index (χ2v) is 11.6. The van der Waals surface area contributed by atoms with Gasteiger partial charge < -0.3 is 10.1 Å². The molecule has 0 aliphatic rings. The van der Waals surface area contributed by atoms with Gasteiger partial charge in [-0.3, -0.25) is 18.9 Å². The van der Waals surface area contributed by atoms with Crippen LogP contribution < -0.4 is 9.62 Å². The van der Waals surface area contributed by atoms with Crippen molar-refractivity contribution >= 4 is 49.3 Å². The summed E-state index contributed by atoms with van der Waals surface area (Å²) in [5, 5.41) is 13.8. The smallest absolute Gasteiger partial charge is 0.326 e. The lowest BCUT2D eigenvalue weighted by molar-refractivity contribution is -0.141. The summed E-state index contributed by atoms with van der Waals surface area (Å²) in [7, 11) is -4.28. The van der Waals surface area contributed by atoms with Crippen molar-refractivity contribution in [2.45, 2.75) is 25.3 Å². The SMILES string of the molecule is CCOC(=O)CN(c1ccc2c(C(=O)NCc3ccc(C#N)cc3)cccc2c1)S(=O)(=O)c1cccc2c(C)ccnc12. The number of carbonyl (C=O) groups is 2. The molecule has 0 bridgehead atoms. The summed E-state index contributed by atoms with van der Waals surface area (Å²) < 4.78 is 34.5. The number of amides is 1. The highest BCUT2D eigenvalue weighted by atomic mass is 32.2. The summed E-state index contributed by atoms with van der Waals surface area (Å²) in [6.45, 7) is 3.34. The van der Waals surface area contributed by atoms with Gasteiger partial charge in [-0.15, -0.1) is 0 Å². The van der Waals surface area contributed by atoms with Crippen LogP contribution in [0.3, 0.4) is 0 Å². The van der Waals surface area contributed by atoms with E-state index in [1.165, 1.54) is 6.07 Å².